The first-order valence-corrected chi connectivity index (χ1v) is 11.6. The minimum absolute atomic E-state index is 0.374. The fourth-order valence-electron chi connectivity index (χ4n) is 3.43. The van der Waals surface area contributed by atoms with Gasteiger partial charge in [-0.1, -0.05) is 48.5 Å². The fraction of sp³-hybridized carbons (Fsp3) is 0.409. The van der Waals surface area contributed by atoms with Gasteiger partial charge in [0, 0.05) is 26.2 Å². The van der Waals surface area contributed by atoms with Crippen molar-refractivity contribution in [2.24, 2.45) is 10.9 Å². The van der Waals surface area contributed by atoms with Crippen LogP contribution >= 0.6 is 0 Å². The van der Waals surface area contributed by atoms with E-state index in [4.69, 9.17) is 0 Å². The van der Waals surface area contributed by atoms with E-state index in [0.29, 0.717) is 30.4 Å². The maximum atomic E-state index is 12.7. The number of nitrogens with one attached hydrogen (secondary N) is 2. The van der Waals surface area contributed by atoms with Crippen molar-refractivity contribution < 1.29 is 8.42 Å². The maximum absolute atomic E-state index is 12.7. The maximum Gasteiger partial charge on any atom is 0.243 e. The lowest BCUT2D eigenvalue weighted by Crippen LogP contribution is -2.44. The van der Waals surface area contributed by atoms with Crippen LogP contribution in [0.1, 0.15) is 25.3 Å². The van der Waals surface area contributed by atoms with Crippen LogP contribution in [0.25, 0.3) is 0 Å². The summed E-state index contributed by atoms with van der Waals surface area (Å²) in [6, 6.07) is 18.8. The Labute approximate surface area is 174 Å². The predicted octanol–water partition coefficient (Wildman–Crippen LogP) is 2.84. The fourth-order valence-corrected chi connectivity index (χ4v) is 4.92. The van der Waals surface area contributed by atoms with Crippen molar-refractivity contribution in [3.8, 4) is 0 Å². The van der Waals surface area contributed by atoms with Crippen LogP contribution in [-0.2, 0) is 16.6 Å². The Morgan fingerprint density at radius 2 is 1.62 bits per heavy atom. The van der Waals surface area contributed by atoms with Gasteiger partial charge in [0.15, 0.2) is 5.96 Å². The SMILES string of the molecule is CCNC(=NCc1ccccc1)NCC1CCN(S(=O)(=O)c2ccccc2)CC1. The molecule has 1 heterocycles. The third-order valence-electron chi connectivity index (χ3n) is 5.12. The summed E-state index contributed by atoms with van der Waals surface area (Å²) in [5.41, 5.74) is 1.17. The molecule has 1 fully saturated rings. The van der Waals surface area contributed by atoms with Crippen molar-refractivity contribution in [2.45, 2.75) is 31.2 Å². The lowest BCUT2D eigenvalue weighted by Gasteiger charge is -2.31. The van der Waals surface area contributed by atoms with Crippen LogP contribution in [0.4, 0.5) is 0 Å². The molecule has 1 aliphatic heterocycles. The summed E-state index contributed by atoms with van der Waals surface area (Å²) >= 11 is 0. The summed E-state index contributed by atoms with van der Waals surface area (Å²) < 4.78 is 27.1. The molecule has 29 heavy (non-hydrogen) atoms. The molecule has 0 aromatic heterocycles. The Hall–Kier alpha value is -2.38. The minimum atomic E-state index is -3.39. The molecule has 0 radical (unpaired) electrons. The summed E-state index contributed by atoms with van der Waals surface area (Å²) in [6.45, 7) is 5.38. The smallest absolute Gasteiger partial charge is 0.243 e. The van der Waals surface area contributed by atoms with Crippen LogP contribution in [0, 0.1) is 5.92 Å². The molecule has 6 nitrogen and oxygen atoms in total. The third-order valence-corrected chi connectivity index (χ3v) is 7.03. The average molecular weight is 415 g/mol. The first-order valence-electron chi connectivity index (χ1n) is 10.2. The number of aliphatic imine (C=N–C) groups is 1. The van der Waals surface area contributed by atoms with Gasteiger partial charge < -0.3 is 10.6 Å². The Kier molecular flexibility index (Phi) is 7.66. The van der Waals surface area contributed by atoms with E-state index in [1.54, 1.807) is 28.6 Å². The Bertz CT molecular complexity index is 878. The minimum Gasteiger partial charge on any atom is -0.357 e. The second-order valence-electron chi connectivity index (χ2n) is 7.22. The molecule has 0 amide bonds. The molecule has 2 aromatic carbocycles. The van der Waals surface area contributed by atoms with E-state index in [1.807, 2.05) is 31.2 Å². The second kappa shape index (κ2) is 10.4. The van der Waals surface area contributed by atoms with Crippen LogP contribution < -0.4 is 10.6 Å². The molecule has 1 aliphatic rings. The molecule has 7 heteroatoms. The molecule has 3 rings (SSSR count). The lowest BCUT2D eigenvalue weighted by molar-refractivity contribution is 0.273. The number of nitrogens with zero attached hydrogens (tertiary/aromatic N) is 2. The van der Waals surface area contributed by atoms with Gasteiger partial charge in [0.2, 0.25) is 10.0 Å². The standard InChI is InChI=1S/C22H30N4O2S/c1-2-23-22(24-17-19-9-5-3-6-10-19)25-18-20-13-15-26(16-14-20)29(27,28)21-11-7-4-8-12-21/h3-12,20H,2,13-18H2,1H3,(H2,23,24,25). The van der Waals surface area contributed by atoms with Gasteiger partial charge in [-0.3, -0.25) is 0 Å². The largest absolute Gasteiger partial charge is 0.357 e. The monoisotopic (exact) mass is 414 g/mol. The van der Waals surface area contributed by atoms with E-state index in [0.717, 1.165) is 31.9 Å². The van der Waals surface area contributed by atoms with Crippen LogP contribution in [0.3, 0.4) is 0 Å². The molecule has 0 aliphatic carbocycles. The van der Waals surface area contributed by atoms with E-state index in [2.05, 4.69) is 27.8 Å². The van der Waals surface area contributed by atoms with Gasteiger partial charge in [0.05, 0.1) is 11.4 Å². The van der Waals surface area contributed by atoms with Crippen LogP contribution in [0.15, 0.2) is 70.6 Å². The number of hydrogen-bond donors (Lipinski definition) is 2. The van der Waals surface area contributed by atoms with Gasteiger partial charge in [0.1, 0.15) is 0 Å². The first kappa shape index (κ1) is 21.3. The Morgan fingerprint density at radius 3 is 2.24 bits per heavy atom. The highest BCUT2D eigenvalue weighted by atomic mass is 32.2. The third kappa shape index (κ3) is 6.05. The molecule has 1 saturated heterocycles. The van der Waals surface area contributed by atoms with Crippen molar-refractivity contribution in [2.75, 3.05) is 26.2 Å². The van der Waals surface area contributed by atoms with Crippen molar-refractivity contribution in [3.63, 3.8) is 0 Å². The molecule has 0 atom stereocenters. The quantitative estimate of drug-likeness (QED) is 0.540. The number of hydrogen-bond acceptors (Lipinski definition) is 3. The normalized spacial score (nSPS) is 16.5. The summed E-state index contributed by atoms with van der Waals surface area (Å²) in [6.07, 6.45) is 1.69. The molecule has 0 bridgehead atoms. The molecule has 2 N–H and O–H groups in total. The summed E-state index contributed by atoms with van der Waals surface area (Å²) in [4.78, 5) is 5.02. The summed E-state index contributed by atoms with van der Waals surface area (Å²) in [7, 11) is -3.39. The Balaban J connectivity index is 1.50. The van der Waals surface area contributed by atoms with Gasteiger partial charge in [0.25, 0.3) is 0 Å². The zero-order valence-corrected chi connectivity index (χ0v) is 17.7. The molecular weight excluding hydrogens is 384 g/mol. The lowest BCUT2D eigenvalue weighted by atomic mass is 9.98. The zero-order valence-electron chi connectivity index (χ0n) is 16.9. The number of rotatable bonds is 7. The highest BCUT2D eigenvalue weighted by Crippen LogP contribution is 2.23. The molecule has 156 valence electrons. The highest BCUT2D eigenvalue weighted by molar-refractivity contribution is 7.89. The van der Waals surface area contributed by atoms with E-state index in [1.165, 1.54) is 5.56 Å². The van der Waals surface area contributed by atoms with E-state index in [9.17, 15) is 8.42 Å². The van der Waals surface area contributed by atoms with Crippen molar-refractivity contribution in [1.82, 2.24) is 14.9 Å². The Morgan fingerprint density at radius 1 is 1.00 bits per heavy atom. The predicted molar refractivity (Wildman–Crippen MR) is 117 cm³/mol. The van der Waals surface area contributed by atoms with Crippen molar-refractivity contribution in [1.29, 1.82) is 0 Å². The summed E-state index contributed by atoms with van der Waals surface area (Å²) in [5.74, 6) is 1.23. The summed E-state index contributed by atoms with van der Waals surface area (Å²) in [5, 5.41) is 6.70. The molecular formula is C22H30N4O2S. The van der Waals surface area contributed by atoms with Gasteiger partial charge in [-0.15, -0.1) is 0 Å². The number of benzene rings is 2. The van der Waals surface area contributed by atoms with Gasteiger partial charge in [-0.2, -0.15) is 4.31 Å². The van der Waals surface area contributed by atoms with Gasteiger partial charge in [-0.05, 0) is 43.4 Å². The van der Waals surface area contributed by atoms with E-state index >= 15 is 0 Å². The highest BCUT2D eigenvalue weighted by Gasteiger charge is 2.29. The average Bonchev–Trinajstić information content (AvgIpc) is 2.77. The molecule has 2 aromatic rings. The van der Waals surface area contributed by atoms with Crippen LogP contribution in [0.5, 0.6) is 0 Å². The van der Waals surface area contributed by atoms with Crippen molar-refractivity contribution >= 4 is 16.0 Å². The van der Waals surface area contributed by atoms with Gasteiger partial charge >= 0.3 is 0 Å². The zero-order chi connectivity index (χ0) is 20.5. The van der Waals surface area contributed by atoms with Crippen molar-refractivity contribution in [3.05, 3.63) is 66.2 Å². The second-order valence-corrected chi connectivity index (χ2v) is 9.16. The first-order chi connectivity index (χ1) is 14.1. The van der Waals surface area contributed by atoms with Gasteiger partial charge in [-0.25, -0.2) is 13.4 Å². The molecule has 0 saturated carbocycles. The topological polar surface area (TPSA) is 73.8 Å². The van der Waals surface area contributed by atoms with Crippen LogP contribution in [-0.4, -0.2) is 44.9 Å². The molecule has 0 unspecified atom stereocenters. The molecule has 0 spiro atoms. The number of piperidine rings is 1. The van der Waals surface area contributed by atoms with E-state index < -0.39 is 10.0 Å². The van der Waals surface area contributed by atoms with E-state index in [-0.39, 0.29) is 0 Å². The number of guanidine groups is 1. The number of sulfonamides is 1. The van der Waals surface area contributed by atoms with Crippen LogP contribution in [0.2, 0.25) is 0 Å².